The van der Waals surface area contributed by atoms with Crippen LogP contribution in [-0.2, 0) is 22.9 Å². The highest BCUT2D eigenvalue weighted by Crippen LogP contribution is 2.50. The van der Waals surface area contributed by atoms with E-state index in [4.69, 9.17) is 10.7 Å². The van der Waals surface area contributed by atoms with E-state index >= 15 is 0 Å². The third-order valence-corrected chi connectivity index (χ3v) is 7.60. The largest absolute Gasteiger partial charge is 0.416 e. The molecule has 3 atom stereocenters. The summed E-state index contributed by atoms with van der Waals surface area (Å²) in [5.41, 5.74) is 6.42. The van der Waals surface area contributed by atoms with Gasteiger partial charge in [0.2, 0.25) is 5.91 Å². The zero-order valence-corrected chi connectivity index (χ0v) is 21.4. The second-order valence-corrected chi connectivity index (χ2v) is 10.5. The van der Waals surface area contributed by atoms with Gasteiger partial charge in [0.1, 0.15) is 17.5 Å². The lowest BCUT2D eigenvalue weighted by Crippen LogP contribution is -2.51. The summed E-state index contributed by atoms with van der Waals surface area (Å²) in [6.07, 6.45) is -2.44. The number of rotatable bonds is 4. The van der Waals surface area contributed by atoms with Crippen molar-refractivity contribution in [2.45, 2.75) is 64.2 Å². The van der Waals surface area contributed by atoms with Gasteiger partial charge in [-0.15, -0.1) is 0 Å². The highest BCUT2D eigenvalue weighted by molar-refractivity contribution is 6.03. The van der Waals surface area contributed by atoms with E-state index in [1.807, 2.05) is 0 Å². The van der Waals surface area contributed by atoms with E-state index < -0.39 is 29.0 Å². The fourth-order valence-electron chi connectivity index (χ4n) is 5.76. The predicted octanol–water partition coefficient (Wildman–Crippen LogP) is 6.30. The molecule has 2 unspecified atom stereocenters. The van der Waals surface area contributed by atoms with Crippen molar-refractivity contribution in [1.82, 2.24) is 9.97 Å². The van der Waals surface area contributed by atoms with Gasteiger partial charge in [-0.05, 0) is 87.1 Å². The number of halogens is 4. The minimum Gasteiger partial charge on any atom is -0.399 e. The Morgan fingerprint density at radius 3 is 2.50 bits per heavy atom. The number of hydrogen-bond acceptors (Lipinski definition) is 5. The molecule has 0 bridgehead atoms. The Hall–Kier alpha value is -3.69. The summed E-state index contributed by atoms with van der Waals surface area (Å²) < 4.78 is 53.9. The molecular weight excluding hydrogens is 498 g/mol. The summed E-state index contributed by atoms with van der Waals surface area (Å²) in [5.74, 6) is 0.735. The summed E-state index contributed by atoms with van der Waals surface area (Å²) in [4.78, 5) is 25.0. The molecule has 2 aromatic carbocycles. The molecule has 1 saturated carbocycles. The van der Waals surface area contributed by atoms with Crippen LogP contribution in [0.2, 0.25) is 0 Å². The molecule has 1 aliphatic heterocycles. The van der Waals surface area contributed by atoms with Gasteiger partial charge >= 0.3 is 6.18 Å². The predicted molar refractivity (Wildman–Crippen MR) is 137 cm³/mol. The Labute approximate surface area is 218 Å². The van der Waals surface area contributed by atoms with Crippen molar-refractivity contribution in [3.8, 4) is 0 Å². The molecule has 1 fully saturated rings. The van der Waals surface area contributed by atoms with E-state index in [0.29, 0.717) is 52.9 Å². The van der Waals surface area contributed by atoms with Gasteiger partial charge in [-0.2, -0.15) is 13.2 Å². The van der Waals surface area contributed by atoms with Gasteiger partial charge in [0.25, 0.3) is 0 Å². The Bertz CT molecular complexity index is 1390. The number of nitrogens with one attached hydrogen (secondary N) is 1. The zero-order chi connectivity index (χ0) is 27.4. The van der Waals surface area contributed by atoms with Crippen LogP contribution >= 0.6 is 0 Å². The van der Waals surface area contributed by atoms with Crippen molar-refractivity contribution in [3.63, 3.8) is 0 Å². The van der Waals surface area contributed by atoms with Crippen LogP contribution in [-0.4, -0.2) is 15.9 Å². The van der Waals surface area contributed by atoms with Gasteiger partial charge in [0.15, 0.2) is 0 Å². The molecule has 2 aliphatic rings. The molecule has 3 N–H and O–H groups in total. The number of carbonyl (C=O) groups is 1. The van der Waals surface area contributed by atoms with Gasteiger partial charge in [-0.3, -0.25) is 4.79 Å². The molecule has 1 spiro atoms. The molecule has 0 radical (unpaired) electrons. The Balaban J connectivity index is 1.60. The van der Waals surface area contributed by atoms with E-state index in [0.717, 1.165) is 18.6 Å². The van der Waals surface area contributed by atoms with Crippen LogP contribution in [0.25, 0.3) is 0 Å². The normalized spacial score (nSPS) is 22.0. The lowest BCUT2D eigenvalue weighted by molar-refractivity contribution is -0.137. The van der Waals surface area contributed by atoms with Crippen molar-refractivity contribution in [1.29, 1.82) is 0 Å². The number of nitrogens with zero attached hydrogens (tertiary/aromatic N) is 3. The molecule has 6 nitrogen and oxygen atoms in total. The third-order valence-electron chi connectivity index (χ3n) is 7.60. The van der Waals surface area contributed by atoms with Crippen molar-refractivity contribution < 1.29 is 22.4 Å². The van der Waals surface area contributed by atoms with Crippen LogP contribution in [0.3, 0.4) is 0 Å². The molecular formula is C28H29F4N5O. The molecule has 1 aromatic heterocycles. The first-order valence-corrected chi connectivity index (χ1v) is 12.6. The SMILES string of the molecule is Cc1nc(N[C@H](C)c2cc(N)cc(C(F)(F)F)c2)c2c(n1)C1(CCC(C)C1)C(=O)N(c1ccc(F)cc1)C2. The van der Waals surface area contributed by atoms with E-state index in [1.54, 1.807) is 30.9 Å². The standard InChI is InChI=1S/C28H29F4N5O/c1-15-8-9-27(13-15)24-23(14-37(26(27)38)22-6-4-20(29)5-7-22)25(36-17(3)35-24)34-16(2)18-10-19(28(30,31)32)12-21(33)11-18/h4-7,10-12,15-16H,8-9,13-14,33H2,1-3H3,(H,34,35,36)/t15?,16-,27?/m1/s1. The lowest BCUT2D eigenvalue weighted by atomic mass is 9.75. The molecule has 0 saturated heterocycles. The van der Waals surface area contributed by atoms with Gasteiger partial charge < -0.3 is 16.0 Å². The number of amides is 1. The van der Waals surface area contributed by atoms with Gasteiger partial charge in [0.05, 0.1) is 29.3 Å². The Kier molecular flexibility index (Phi) is 6.31. The van der Waals surface area contributed by atoms with Crippen molar-refractivity contribution in [2.75, 3.05) is 16.0 Å². The van der Waals surface area contributed by atoms with Gasteiger partial charge in [-0.1, -0.05) is 6.92 Å². The van der Waals surface area contributed by atoms with Crippen LogP contribution in [0.5, 0.6) is 0 Å². The van der Waals surface area contributed by atoms with E-state index in [-0.39, 0.29) is 18.1 Å². The number of fused-ring (bicyclic) bond motifs is 2. The van der Waals surface area contributed by atoms with Gasteiger partial charge in [0, 0.05) is 16.9 Å². The van der Waals surface area contributed by atoms with Gasteiger partial charge in [-0.25, -0.2) is 14.4 Å². The summed E-state index contributed by atoms with van der Waals surface area (Å²) in [5, 5.41) is 3.27. The maximum atomic E-state index is 14.0. The molecule has 3 aromatic rings. The first-order chi connectivity index (χ1) is 17.9. The Morgan fingerprint density at radius 1 is 1.16 bits per heavy atom. The second-order valence-electron chi connectivity index (χ2n) is 10.5. The smallest absolute Gasteiger partial charge is 0.399 e. The van der Waals surface area contributed by atoms with Crippen LogP contribution in [0.4, 0.5) is 34.8 Å². The van der Waals surface area contributed by atoms with E-state index in [1.165, 1.54) is 18.2 Å². The van der Waals surface area contributed by atoms with E-state index in [2.05, 4.69) is 17.2 Å². The number of anilines is 3. The number of hydrogen-bond donors (Lipinski definition) is 2. The summed E-state index contributed by atoms with van der Waals surface area (Å²) >= 11 is 0. The lowest BCUT2D eigenvalue weighted by Gasteiger charge is -2.41. The first kappa shape index (κ1) is 25.9. The van der Waals surface area contributed by atoms with Crippen LogP contribution in [0.15, 0.2) is 42.5 Å². The Morgan fingerprint density at radius 2 is 1.87 bits per heavy atom. The van der Waals surface area contributed by atoms with Crippen molar-refractivity contribution >= 4 is 23.1 Å². The second kappa shape index (κ2) is 9.25. The van der Waals surface area contributed by atoms with Crippen LogP contribution in [0.1, 0.15) is 67.4 Å². The van der Waals surface area contributed by atoms with Crippen molar-refractivity contribution in [2.24, 2.45) is 5.92 Å². The monoisotopic (exact) mass is 527 g/mol. The quantitative estimate of drug-likeness (QED) is 0.307. The third kappa shape index (κ3) is 4.56. The fraction of sp³-hybridized carbons (Fsp3) is 0.393. The number of nitrogens with two attached hydrogens (primary N) is 1. The summed E-state index contributed by atoms with van der Waals surface area (Å²) in [7, 11) is 0. The number of alkyl halides is 3. The first-order valence-electron chi connectivity index (χ1n) is 12.6. The topological polar surface area (TPSA) is 84.1 Å². The highest BCUT2D eigenvalue weighted by atomic mass is 19.4. The summed E-state index contributed by atoms with van der Waals surface area (Å²) in [6, 6.07) is 8.67. The van der Waals surface area contributed by atoms with Crippen molar-refractivity contribution in [3.05, 3.63) is 76.5 Å². The average Bonchev–Trinajstić information content (AvgIpc) is 3.24. The maximum Gasteiger partial charge on any atom is 0.416 e. The number of benzene rings is 2. The van der Waals surface area contributed by atoms with E-state index in [9.17, 15) is 22.4 Å². The molecule has 38 heavy (non-hydrogen) atoms. The zero-order valence-electron chi connectivity index (χ0n) is 21.4. The fourth-order valence-corrected chi connectivity index (χ4v) is 5.76. The highest BCUT2D eigenvalue weighted by Gasteiger charge is 2.53. The number of nitrogen functional groups attached to an aromatic ring is 1. The molecule has 5 rings (SSSR count). The number of aryl methyl sites for hydroxylation is 1. The molecule has 10 heteroatoms. The summed E-state index contributed by atoms with van der Waals surface area (Å²) in [6.45, 7) is 5.72. The molecule has 1 aliphatic carbocycles. The molecule has 2 heterocycles. The number of carbonyl (C=O) groups excluding carboxylic acids is 1. The minimum absolute atomic E-state index is 0.0105. The number of aromatic nitrogens is 2. The maximum absolute atomic E-state index is 14.0. The molecule has 1 amide bonds. The van der Waals surface area contributed by atoms with Crippen LogP contribution < -0.4 is 16.0 Å². The minimum atomic E-state index is -4.53. The van der Waals surface area contributed by atoms with Crippen LogP contribution in [0, 0.1) is 18.7 Å². The average molecular weight is 528 g/mol. The molecule has 200 valence electrons.